The van der Waals surface area contributed by atoms with Crippen molar-refractivity contribution < 1.29 is 13.2 Å². The van der Waals surface area contributed by atoms with Gasteiger partial charge in [-0.2, -0.15) is 13.2 Å². The fourth-order valence-electron chi connectivity index (χ4n) is 7.24. The Morgan fingerprint density at radius 2 is 0.574 bits per heavy atom. The predicted molar refractivity (Wildman–Crippen MR) is 248 cm³/mol. The maximum Gasteiger partial charge on any atom is 0.416 e. The third-order valence-electron chi connectivity index (χ3n) is 10.6. The minimum absolute atomic E-state index is 0.472. The number of rotatable bonds is 3. The molecule has 8 aromatic carbocycles. The highest BCUT2D eigenvalue weighted by molar-refractivity contribution is 6.26. The number of anilines is 3. The average molecular weight is 800 g/mol. The van der Waals surface area contributed by atoms with Crippen LogP contribution in [0.2, 0.25) is 0 Å². The molecule has 0 saturated carbocycles. The van der Waals surface area contributed by atoms with E-state index in [4.69, 9.17) is 0 Å². The van der Waals surface area contributed by atoms with Crippen LogP contribution < -0.4 is 14.7 Å². The molecule has 61 heavy (non-hydrogen) atoms. The van der Waals surface area contributed by atoms with E-state index in [0.717, 1.165) is 94.9 Å². The predicted octanol–water partition coefficient (Wildman–Crippen LogP) is 11.4. The van der Waals surface area contributed by atoms with Crippen LogP contribution in [0, 0.1) is 47.4 Å². The molecule has 0 unspecified atom stereocenters. The van der Waals surface area contributed by atoms with Crippen molar-refractivity contribution >= 4 is 49.4 Å². The molecule has 0 bridgehead atoms. The first kappa shape index (κ1) is 40.0. The first-order valence-electron chi connectivity index (χ1n) is 19.7. The maximum atomic E-state index is 13.4. The molecular formula is C55H40F3N3. The molecule has 296 valence electrons. The maximum absolute atomic E-state index is 13.4. The summed E-state index contributed by atoms with van der Waals surface area (Å²) >= 11 is 0. The Morgan fingerprint density at radius 1 is 0.328 bits per heavy atom. The molecule has 0 spiro atoms. The molecule has 0 aliphatic carbocycles. The van der Waals surface area contributed by atoms with E-state index in [1.807, 2.05) is 102 Å². The molecule has 0 N–H and O–H groups in total. The van der Waals surface area contributed by atoms with Crippen LogP contribution in [-0.4, -0.2) is 42.3 Å². The third kappa shape index (κ3) is 8.54. The lowest BCUT2D eigenvalue weighted by Crippen LogP contribution is -2.07. The summed E-state index contributed by atoms with van der Waals surface area (Å²) in [7, 11) is 12.0. The summed E-state index contributed by atoms with van der Waals surface area (Å²) in [4.78, 5) is 6.15. The van der Waals surface area contributed by atoms with Gasteiger partial charge in [-0.15, -0.1) is 0 Å². The van der Waals surface area contributed by atoms with Gasteiger partial charge in [-0.25, -0.2) is 0 Å². The summed E-state index contributed by atoms with van der Waals surface area (Å²) in [6.45, 7) is 0. The first-order valence-corrected chi connectivity index (χ1v) is 19.7. The fourth-order valence-corrected chi connectivity index (χ4v) is 7.24. The molecule has 0 atom stereocenters. The van der Waals surface area contributed by atoms with Crippen LogP contribution in [0.3, 0.4) is 0 Å². The van der Waals surface area contributed by atoms with E-state index in [0.29, 0.717) is 11.1 Å². The highest BCUT2D eigenvalue weighted by Crippen LogP contribution is 2.40. The van der Waals surface area contributed by atoms with Crippen molar-refractivity contribution in [3.05, 3.63) is 184 Å². The molecule has 0 aliphatic rings. The third-order valence-corrected chi connectivity index (χ3v) is 10.6. The van der Waals surface area contributed by atoms with Crippen molar-refractivity contribution in [3.63, 3.8) is 0 Å². The standard InChI is InChI=1S/C55H40F3N3/c1-59(2)46-25-13-38(14-26-46)8-20-42-35-41(19-7-37-11-23-45(24-12-37)55(56,57)58)49-31-32-51-43(21-9-39-15-27-47(28-16-39)60(3)4)36-44(52-34-33-50(42)53(49)54(51)52)22-10-40-17-29-48(30-18-40)61(5)6/h11-18,23-36H,1-6H3. The number of hydrogen-bond donors (Lipinski definition) is 0. The zero-order valence-electron chi connectivity index (χ0n) is 34.7. The van der Waals surface area contributed by atoms with Crippen molar-refractivity contribution in [1.29, 1.82) is 0 Å². The van der Waals surface area contributed by atoms with Crippen LogP contribution >= 0.6 is 0 Å². The van der Waals surface area contributed by atoms with Gasteiger partial charge in [0, 0.05) is 104 Å². The Labute approximate surface area is 355 Å². The van der Waals surface area contributed by atoms with Gasteiger partial charge in [0.15, 0.2) is 0 Å². The average Bonchev–Trinajstić information content (AvgIpc) is 3.26. The van der Waals surface area contributed by atoms with Gasteiger partial charge in [0.1, 0.15) is 0 Å². The molecule has 0 heterocycles. The molecule has 0 radical (unpaired) electrons. The van der Waals surface area contributed by atoms with E-state index in [-0.39, 0.29) is 0 Å². The highest BCUT2D eigenvalue weighted by Gasteiger charge is 2.29. The molecule has 8 aromatic rings. The number of benzene rings is 8. The molecule has 0 amide bonds. The molecule has 3 nitrogen and oxygen atoms in total. The fraction of sp³-hybridized carbons (Fsp3) is 0.127. The largest absolute Gasteiger partial charge is 0.416 e. The highest BCUT2D eigenvalue weighted by atomic mass is 19.4. The number of nitrogens with zero attached hydrogens (tertiary/aromatic N) is 3. The van der Waals surface area contributed by atoms with Crippen LogP contribution in [-0.2, 0) is 6.18 Å². The van der Waals surface area contributed by atoms with Gasteiger partial charge in [0.25, 0.3) is 0 Å². The Kier molecular flexibility index (Phi) is 10.8. The Balaban J connectivity index is 1.37. The lowest BCUT2D eigenvalue weighted by atomic mass is 9.86. The summed E-state index contributed by atoms with van der Waals surface area (Å²) in [6, 6.07) is 41.7. The topological polar surface area (TPSA) is 9.72 Å². The van der Waals surface area contributed by atoms with Crippen molar-refractivity contribution in [1.82, 2.24) is 0 Å². The second kappa shape index (κ2) is 16.5. The second-order valence-corrected chi connectivity index (χ2v) is 15.4. The van der Waals surface area contributed by atoms with Crippen molar-refractivity contribution in [3.8, 4) is 47.4 Å². The van der Waals surface area contributed by atoms with Crippen molar-refractivity contribution in [2.24, 2.45) is 0 Å². The van der Waals surface area contributed by atoms with Gasteiger partial charge in [-0.05, 0) is 142 Å². The molecule has 0 aliphatic heterocycles. The van der Waals surface area contributed by atoms with Crippen LogP contribution in [0.4, 0.5) is 30.2 Å². The van der Waals surface area contributed by atoms with Gasteiger partial charge in [-0.3, -0.25) is 0 Å². The van der Waals surface area contributed by atoms with Gasteiger partial charge in [0.05, 0.1) is 5.56 Å². The van der Waals surface area contributed by atoms with Gasteiger partial charge in [0.2, 0.25) is 0 Å². The van der Waals surface area contributed by atoms with Crippen LogP contribution in [0.5, 0.6) is 0 Å². The molecule has 0 aromatic heterocycles. The van der Waals surface area contributed by atoms with E-state index in [1.54, 1.807) is 0 Å². The zero-order valence-corrected chi connectivity index (χ0v) is 34.7. The normalized spacial score (nSPS) is 10.8. The number of halogens is 3. The lowest BCUT2D eigenvalue weighted by Gasteiger charge is -2.16. The smallest absolute Gasteiger partial charge is 0.378 e. The second-order valence-electron chi connectivity index (χ2n) is 15.4. The van der Waals surface area contributed by atoms with Crippen LogP contribution in [0.1, 0.15) is 50.1 Å². The van der Waals surface area contributed by atoms with E-state index >= 15 is 0 Å². The van der Waals surface area contributed by atoms with Crippen molar-refractivity contribution in [2.75, 3.05) is 57.0 Å². The quantitative estimate of drug-likeness (QED) is 0.130. The summed E-state index contributed by atoms with van der Waals surface area (Å²) < 4.78 is 40.1. The first-order chi connectivity index (χ1) is 29.3. The van der Waals surface area contributed by atoms with Crippen LogP contribution in [0.15, 0.2) is 133 Å². The van der Waals surface area contributed by atoms with Gasteiger partial charge in [-0.1, -0.05) is 71.6 Å². The van der Waals surface area contributed by atoms with E-state index in [2.05, 4.69) is 112 Å². The zero-order chi connectivity index (χ0) is 42.8. The van der Waals surface area contributed by atoms with E-state index in [1.165, 1.54) is 12.1 Å². The van der Waals surface area contributed by atoms with Gasteiger partial charge >= 0.3 is 6.18 Å². The summed E-state index contributed by atoms with van der Waals surface area (Å²) in [5.74, 6) is 27.1. The SMILES string of the molecule is CN(C)c1ccc(C#Cc2cc(C#Cc3ccc(N(C)C)cc3)c3ccc4c(C#Cc5ccc(C(F)(F)F)cc5)cc(C#Cc5ccc(N(C)C)cc5)c5ccc2c3c54)cc1. The van der Waals surface area contributed by atoms with E-state index < -0.39 is 11.7 Å². The molecule has 6 heteroatoms. The van der Waals surface area contributed by atoms with Gasteiger partial charge < -0.3 is 14.7 Å². The lowest BCUT2D eigenvalue weighted by molar-refractivity contribution is -0.137. The monoisotopic (exact) mass is 799 g/mol. The molecule has 8 rings (SSSR count). The summed E-state index contributed by atoms with van der Waals surface area (Å²) in [5, 5.41) is 5.76. The molecular weight excluding hydrogens is 760 g/mol. The Bertz CT molecular complexity index is 3090. The number of alkyl halides is 3. The number of hydrogen-bond acceptors (Lipinski definition) is 3. The molecule has 0 fully saturated rings. The minimum atomic E-state index is -4.43. The van der Waals surface area contributed by atoms with E-state index in [9.17, 15) is 13.2 Å². The molecule has 0 saturated heterocycles. The Hall–Kier alpha value is -7.77. The van der Waals surface area contributed by atoms with Crippen molar-refractivity contribution in [2.45, 2.75) is 6.18 Å². The summed E-state index contributed by atoms with van der Waals surface area (Å²) in [6.07, 6.45) is -4.43. The summed E-state index contributed by atoms with van der Waals surface area (Å²) in [5.41, 5.74) is 8.80. The van der Waals surface area contributed by atoms with Crippen LogP contribution in [0.25, 0.3) is 32.3 Å². The Morgan fingerprint density at radius 3 is 0.803 bits per heavy atom. The minimum Gasteiger partial charge on any atom is -0.378 e.